The summed E-state index contributed by atoms with van der Waals surface area (Å²) in [7, 11) is 1.68. The van der Waals surface area contributed by atoms with Crippen molar-refractivity contribution in [3.05, 3.63) is 0 Å². The van der Waals surface area contributed by atoms with Gasteiger partial charge in [-0.2, -0.15) is 0 Å². The Balaban J connectivity index is 3.12. The number of rotatable bonds is 7. The first-order valence-electron chi connectivity index (χ1n) is 5.12. The molecule has 0 heterocycles. The molecule has 0 aliphatic carbocycles. The zero-order chi connectivity index (χ0) is 10.1. The van der Waals surface area contributed by atoms with Crippen molar-refractivity contribution >= 4 is 5.91 Å². The summed E-state index contributed by atoms with van der Waals surface area (Å²) in [4.78, 5) is 10.8. The summed E-state index contributed by atoms with van der Waals surface area (Å²) < 4.78 is 0. The van der Waals surface area contributed by atoms with Crippen LogP contribution in [0.25, 0.3) is 0 Å². The SMILES string of the molecule is CCC(C)CNCCCC(=O)NC. The van der Waals surface area contributed by atoms with E-state index in [4.69, 9.17) is 0 Å². The van der Waals surface area contributed by atoms with E-state index in [2.05, 4.69) is 24.5 Å². The fraction of sp³-hybridized carbons (Fsp3) is 0.900. The van der Waals surface area contributed by atoms with E-state index in [9.17, 15) is 4.79 Å². The average Bonchev–Trinajstić information content (AvgIpc) is 2.16. The van der Waals surface area contributed by atoms with E-state index in [0.717, 1.165) is 25.4 Å². The second-order valence-electron chi connectivity index (χ2n) is 3.49. The number of carbonyl (C=O) groups is 1. The molecule has 78 valence electrons. The van der Waals surface area contributed by atoms with Crippen molar-refractivity contribution in [1.29, 1.82) is 0 Å². The molecule has 0 aliphatic rings. The lowest BCUT2D eigenvalue weighted by atomic mass is 10.1. The number of carbonyl (C=O) groups excluding carboxylic acids is 1. The third kappa shape index (κ3) is 7.78. The highest BCUT2D eigenvalue weighted by molar-refractivity contribution is 5.75. The van der Waals surface area contributed by atoms with Crippen LogP contribution < -0.4 is 10.6 Å². The van der Waals surface area contributed by atoms with Gasteiger partial charge in [-0.25, -0.2) is 0 Å². The first kappa shape index (κ1) is 12.4. The second kappa shape index (κ2) is 8.05. The molecule has 0 aliphatic heterocycles. The van der Waals surface area contributed by atoms with Crippen molar-refractivity contribution in [1.82, 2.24) is 10.6 Å². The lowest BCUT2D eigenvalue weighted by molar-refractivity contribution is -0.120. The van der Waals surface area contributed by atoms with Crippen LogP contribution in [0.1, 0.15) is 33.1 Å². The summed E-state index contributed by atoms with van der Waals surface area (Å²) in [5.74, 6) is 0.866. The molecule has 3 nitrogen and oxygen atoms in total. The Labute approximate surface area is 81.3 Å². The van der Waals surface area contributed by atoms with Gasteiger partial charge in [-0.3, -0.25) is 4.79 Å². The van der Waals surface area contributed by atoms with E-state index < -0.39 is 0 Å². The first-order chi connectivity index (χ1) is 6.20. The predicted octanol–water partition coefficient (Wildman–Crippen LogP) is 1.15. The van der Waals surface area contributed by atoms with Crippen LogP contribution in [-0.4, -0.2) is 26.0 Å². The number of hydrogen-bond acceptors (Lipinski definition) is 2. The van der Waals surface area contributed by atoms with E-state index in [1.807, 2.05) is 0 Å². The standard InChI is InChI=1S/C10H22N2O/c1-4-9(2)8-12-7-5-6-10(13)11-3/h9,12H,4-8H2,1-3H3,(H,11,13). The number of amides is 1. The zero-order valence-corrected chi connectivity index (χ0v) is 9.02. The molecule has 1 atom stereocenters. The highest BCUT2D eigenvalue weighted by Crippen LogP contribution is 1.97. The van der Waals surface area contributed by atoms with Gasteiger partial charge in [0.15, 0.2) is 0 Å². The summed E-state index contributed by atoms with van der Waals surface area (Å²) in [6.45, 7) is 6.42. The van der Waals surface area contributed by atoms with Crippen LogP contribution in [0.2, 0.25) is 0 Å². The van der Waals surface area contributed by atoms with E-state index in [-0.39, 0.29) is 5.91 Å². The third-order valence-corrected chi connectivity index (χ3v) is 2.23. The minimum Gasteiger partial charge on any atom is -0.359 e. The van der Waals surface area contributed by atoms with Gasteiger partial charge in [0.1, 0.15) is 0 Å². The van der Waals surface area contributed by atoms with Gasteiger partial charge < -0.3 is 10.6 Å². The molecule has 0 spiro atoms. The van der Waals surface area contributed by atoms with E-state index in [1.54, 1.807) is 7.05 Å². The number of nitrogens with one attached hydrogen (secondary N) is 2. The lowest BCUT2D eigenvalue weighted by Crippen LogP contribution is -2.24. The minimum atomic E-state index is 0.130. The second-order valence-corrected chi connectivity index (χ2v) is 3.49. The van der Waals surface area contributed by atoms with Gasteiger partial charge in [0.25, 0.3) is 0 Å². The number of hydrogen-bond donors (Lipinski definition) is 2. The van der Waals surface area contributed by atoms with Crippen molar-refractivity contribution in [2.75, 3.05) is 20.1 Å². The molecule has 1 amide bonds. The Morgan fingerprint density at radius 2 is 2.15 bits per heavy atom. The van der Waals surface area contributed by atoms with Crippen molar-refractivity contribution in [2.24, 2.45) is 5.92 Å². The van der Waals surface area contributed by atoms with Crippen molar-refractivity contribution in [3.8, 4) is 0 Å². The molecule has 0 radical (unpaired) electrons. The Hall–Kier alpha value is -0.570. The van der Waals surface area contributed by atoms with Crippen molar-refractivity contribution in [3.63, 3.8) is 0 Å². The Kier molecular flexibility index (Phi) is 7.69. The van der Waals surface area contributed by atoms with Gasteiger partial charge in [0, 0.05) is 13.5 Å². The predicted molar refractivity (Wildman–Crippen MR) is 55.6 cm³/mol. The summed E-state index contributed by atoms with van der Waals surface area (Å²) in [6, 6.07) is 0. The van der Waals surface area contributed by atoms with Gasteiger partial charge in [-0.1, -0.05) is 20.3 Å². The summed E-state index contributed by atoms with van der Waals surface area (Å²) >= 11 is 0. The van der Waals surface area contributed by atoms with Crippen LogP contribution in [0.4, 0.5) is 0 Å². The van der Waals surface area contributed by atoms with Gasteiger partial charge >= 0.3 is 0 Å². The molecule has 1 unspecified atom stereocenters. The van der Waals surface area contributed by atoms with Gasteiger partial charge in [-0.05, 0) is 25.4 Å². The van der Waals surface area contributed by atoms with E-state index in [0.29, 0.717) is 6.42 Å². The maximum absolute atomic E-state index is 10.8. The minimum absolute atomic E-state index is 0.130. The summed E-state index contributed by atoms with van der Waals surface area (Å²) in [5.41, 5.74) is 0. The molecular formula is C10H22N2O. The highest BCUT2D eigenvalue weighted by atomic mass is 16.1. The van der Waals surface area contributed by atoms with E-state index >= 15 is 0 Å². The molecule has 0 fully saturated rings. The Morgan fingerprint density at radius 3 is 2.69 bits per heavy atom. The van der Waals surface area contributed by atoms with Gasteiger partial charge in [-0.15, -0.1) is 0 Å². The quantitative estimate of drug-likeness (QED) is 0.586. The highest BCUT2D eigenvalue weighted by Gasteiger charge is 1.99. The normalized spacial score (nSPS) is 12.5. The molecule has 0 aromatic rings. The molecule has 3 heteroatoms. The fourth-order valence-electron chi connectivity index (χ4n) is 0.992. The summed E-state index contributed by atoms with van der Waals surface area (Å²) in [5, 5.41) is 5.94. The van der Waals surface area contributed by atoms with Crippen LogP contribution in [-0.2, 0) is 4.79 Å². The molecule has 0 saturated carbocycles. The van der Waals surface area contributed by atoms with Crippen LogP contribution in [0.3, 0.4) is 0 Å². The van der Waals surface area contributed by atoms with E-state index in [1.165, 1.54) is 6.42 Å². The maximum atomic E-state index is 10.8. The average molecular weight is 186 g/mol. The third-order valence-electron chi connectivity index (χ3n) is 2.23. The van der Waals surface area contributed by atoms with Crippen LogP contribution in [0, 0.1) is 5.92 Å². The molecule has 2 N–H and O–H groups in total. The van der Waals surface area contributed by atoms with Crippen molar-refractivity contribution < 1.29 is 4.79 Å². The van der Waals surface area contributed by atoms with Crippen LogP contribution >= 0.6 is 0 Å². The molecule has 0 aromatic heterocycles. The molecule has 0 aromatic carbocycles. The smallest absolute Gasteiger partial charge is 0.219 e. The summed E-state index contributed by atoms with van der Waals surface area (Å²) in [6.07, 6.45) is 2.77. The topological polar surface area (TPSA) is 41.1 Å². The zero-order valence-electron chi connectivity index (χ0n) is 9.02. The maximum Gasteiger partial charge on any atom is 0.219 e. The first-order valence-corrected chi connectivity index (χ1v) is 5.12. The molecular weight excluding hydrogens is 164 g/mol. The molecule has 13 heavy (non-hydrogen) atoms. The molecule has 0 saturated heterocycles. The van der Waals surface area contributed by atoms with Crippen LogP contribution in [0.5, 0.6) is 0 Å². The van der Waals surface area contributed by atoms with Crippen LogP contribution in [0.15, 0.2) is 0 Å². The largest absolute Gasteiger partial charge is 0.359 e. The lowest BCUT2D eigenvalue weighted by Gasteiger charge is -2.09. The fourth-order valence-corrected chi connectivity index (χ4v) is 0.992. The van der Waals surface area contributed by atoms with Gasteiger partial charge in [0.05, 0.1) is 0 Å². The Morgan fingerprint density at radius 1 is 1.46 bits per heavy atom. The monoisotopic (exact) mass is 186 g/mol. The Bertz CT molecular complexity index is 137. The molecule has 0 bridgehead atoms. The van der Waals surface area contributed by atoms with Gasteiger partial charge in [0.2, 0.25) is 5.91 Å². The molecule has 0 rings (SSSR count). The van der Waals surface area contributed by atoms with Crippen molar-refractivity contribution in [2.45, 2.75) is 33.1 Å².